The second kappa shape index (κ2) is 27.9. The van der Waals surface area contributed by atoms with E-state index in [0.29, 0.717) is 0 Å². The van der Waals surface area contributed by atoms with E-state index in [2.05, 4.69) is 57.2 Å². The van der Waals surface area contributed by atoms with Crippen LogP contribution in [0.5, 0.6) is 0 Å². The molecular weight excluding hydrogens is 382 g/mol. The topological polar surface area (TPSA) is 0 Å². The maximum absolute atomic E-state index is 3.49. The van der Waals surface area contributed by atoms with E-state index in [0.717, 1.165) is 19.3 Å². The van der Waals surface area contributed by atoms with Gasteiger partial charge in [-0.15, -0.1) is 37.7 Å². The molecule has 0 nitrogen and oxygen atoms in total. The van der Waals surface area contributed by atoms with Crippen molar-refractivity contribution in [3.63, 3.8) is 0 Å². The Morgan fingerprint density at radius 3 is 1.35 bits per heavy atom. The first-order valence-electron chi connectivity index (χ1n) is 5.83. The van der Waals surface area contributed by atoms with Crippen molar-refractivity contribution in [2.75, 3.05) is 0 Å². The first-order chi connectivity index (χ1) is 8.20. The van der Waals surface area contributed by atoms with E-state index < -0.39 is 0 Å². The van der Waals surface area contributed by atoms with E-state index >= 15 is 0 Å². The summed E-state index contributed by atoms with van der Waals surface area (Å²) in [6, 6.07) is 0. The Morgan fingerprint density at radius 1 is 1.05 bits per heavy atom. The molecule has 0 unspecified atom stereocenters. The molecule has 2 aliphatic carbocycles. The van der Waals surface area contributed by atoms with Crippen LogP contribution in [0.3, 0.4) is 0 Å². The van der Waals surface area contributed by atoms with Crippen LogP contribution in [-0.4, -0.2) is 6.88 Å². The zero-order chi connectivity index (χ0) is 13.5. The summed E-state index contributed by atoms with van der Waals surface area (Å²) in [6.45, 7) is 11.6. The molecule has 0 heterocycles. The van der Waals surface area contributed by atoms with Crippen LogP contribution in [0.1, 0.15) is 40.0 Å². The Labute approximate surface area is 156 Å². The van der Waals surface area contributed by atoms with E-state index in [1.807, 2.05) is 13.8 Å². The van der Waals surface area contributed by atoms with Crippen molar-refractivity contribution in [2.45, 2.75) is 40.0 Å². The molecule has 0 aliphatic heterocycles. The van der Waals surface area contributed by atoms with Gasteiger partial charge in [-0.2, -0.15) is 18.6 Å². The summed E-state index contributed by atoms with van der Waals surface area (Å²) in [7, 11) is 0. The Hall–Kier alpha value is 0.640. The molecule has 0 atom stereocenters. The molecule has 0 aromatic heterocycles. The van der Waals surface area contributed by atoms with Gasteiger partial charge in [0.05, 0.1) is 0 Å². The van der Waals surface area contributed by atoms with Gasteiger partial charge in [-0.05, 0) is 0 Å². The van der Waals surface area contributed by atoms with Gasteiger partial charge >= 0.3 is 30.2 Å². The average Bonchev–Trinajstić information content (AvgIpc) is 2.97. The molecule has 2 rings (SSSR count). The van der Waals surface area contributed by atoms with Gasteiger partial charge in [0, 0.05) is 0 Å². The Bertz CT molecular complexity index is 261. The van der Waals surface area contributed by atoms with E-state index in [1.54, 1.807) is 23.3 Å². The Balaban J connectivity index is -0.0000000515. The third-order valence-corrected chi connectivity index (χ3v) is 1.73. The quantitative estimate of drug-likeness (QED) is 0.390. The Kier molecular flexibility index (Phi) is 45.4. The average molecular weight is 411 g/mol. The molecule has 118 valence electrons. The standard InChI is InChI=1S/2C6H7.C3H7.CH3.2ClH.H2Si.Zr/c2*1-6-4-2-3-5-6;1-3-2;;;;;/h2*2,4H,3H2,1H3;1,3H2,2H3;1H3;2*1H;1H2;/q4*-1;;;;. The van der Waals surface area contributed by atoms with Gasteiger partial charge in [0.25, 0.3) is 0 Å². The van der Waals surface area contributed by atoms with Crippen LogP contribution in [0.2, 0.25) is 0 Å². The second-order valence-electron chi connectivity index (χ2n) is 3.43. The summed E-state index contributed by atoms with van der Waals surface area (Å²) < 4.78 is 0. The molecule has 0 saturated carbocycles. The minimum absolute atomic E-state index is 0. The van der Waals surface area contributed by atoms with Crippen LogP contribution >= 0.6 is 24.8 Å². The normalized spacial score (nSPS) is 12.2. The summed E-state index contributed by atoms with van der Waals surface area (Å²) in [6.07, 6.45) is 17.7. The molecule has 0 saturated heterocycles. The number of allylic oxidation sites excluding steroid dienone is 8. The summed E-state index contributed by atoms with van der Waals surface area (Å²) in [5.74, 6) is 0. The van der Waals surface area contributed by atoms with E-state index in [4.69, 9.17) is 0 Å². The molecule has 0 bridgehead atoms. The summed E-state index contributed by atoms with van der Waals surface area (Å²) >= 11 is 1.58. The number of halogens is 2. The van der Waals surface area contributed by atoms with Crippen LogP contribution in [0.4, 0.5) is 0 Å². The zero-order valence-electron chi connectivity index (χ0n) is 13.2. The Morgan fingerprint density at radius 2 is 1.30 bits per heavy atom. The van der Waals surface area contributed by atoms with Crippen molar-refractivity contribution in [3.8, 4) is 0 Å². The number of rotatable bonds is 0. The molecule has 20 heavy (non-hydrogen) atoms. The van der Waals surface area contributed by atoms with Crippen molar-refractivity contribution in [2.24, 2.45) is 0 Å². The molecule has 4 heteroatoms. The SMILES string of the molecule is CC1=[C-]CC=C1.CC1=[C-]CC=C1.Cl.Cl.[CH2-]CC.[CH3-].[SiH2]=[Zr]. The maximum atomic E-state index is 3.49. The third-order valence-electron chi connectivity index (χ3n) is 1.73. The van der Waals surface area contributed by atoms with E-state index in [1.165, 1.54) is 11.1 Å². The fraction of sp³-hybridized carbons (Fsp3) is 0.375. The van der Waals surface area contributed by atoms with Gasteiger partial charge in [-0.3, -0.25) is 12.2 Å². The monoisotopic (exact) mass is 408 g/mol. The predicted molar refractivity (Wildman–Crippen MR) is 97.5 cm³/mol. The molecular formula is C16H28Cl2SiZr-4. The van der Waals surface area contributed by atoms with Gasteiger partial charge < -0.3 is 14.4 Å². The van der Waals surface area contributed by atoms with Crippen molar-refractivity contribution in [1.82, 2.24) is 0 Å². The van der Waals surface area contributed by atoms with Gasteiger partial charge in [0.1, 0.15) is 0 Å². The molecule has 0 N–H and O–H groups in total. The van der Waals surface area contributed by atoms with Crippen LogP contribution in [0.25, 0.3) is 0 Å². The number of hydrogen-bond donors (Lipinski definition) is 0. The van der Waals surface area contributed by atoms with Gasteiger partial charge in [0.2, 0.25) is 0 Å². The van der Waals surface area contributed by atoms with Crippen LogP contribution < -0.4 is 0 Å². The molecule has 0 aromatic carbocycles. The predicted octanol–water partition coefficient (Wildman–Crippen LogP) is 5.00. The molecule has 0 fully saturated rings. The van der Waals surface area contributed by atoms with Gasteiger partial charge in [-0.1, -0.05) is 20.8 Å². The van der Waals surface area contributed by atoms with Crippen LogP contribution in [-0.2, 0) is 23.3 Å². The van der Waals surface area contributed by atoms with E-state index in [-0.39, 0.29) is 32.2 Å². The van der Waals surface area contributed by atoms with E-state index in [9.17, 15) is 0 Å². The summed E-state index contributed by atoms with van der Waals surface area (Å²) in [5.41, 5.74) is 2.55. The second-order valence-corrected chi connectivity index (χ2v) is 3.43. The van der Waals surface area contributed by atoms with Crippen molar-refractivity contribution in [1.29, 1.82) is 0 Å². The molecule has 0 amide bonds. The van der Waals surface area contributed by atoms with Crippen LogP contribution in [0, 0.1) is 26.5 Å². The molecule has 2 aliphatic rings. The van der Waals surface area contributed by atoms with Gasteiger partial charge in [0.15, 0.2) is 0 Å². The van der Waals surface area contributed by atoms with Crippen molar-refractivity contribution < 1.29 is 23.3 Å². The molecule has 0 spiro atoms. The fourth-order valence-corrected chi connectivity index (χ4v) is 1.03. The van der Waals surface area contributed by atoms with Crippen LogP contribution in [0.15, 0.2) is 35.5 Å². The first kappa shape index (κ1) is 32.5. The minimum atomic E-state index is 0. The number of hydrogen-bond acceptors (Lipinski definition) is 0. The van der Waals surface area contributed by atoms with Gasteiger partial charge in [-0.25, -0.2) is 23.3 Å². The molecule has 0 radical (unpaired) electrons. The summed E-state index contributed by atoms with van der Waals surface area (Å²) in [5, 5.41) is 0. The fourth-order valence-electron chi connectivity index (χ4n) is 1.03. The summed E-state index contributed by atoms with van der Waals surface area (Å²) in [4.78, 5) is 0. The first-order valence-corrected chi connectivity index (χ1v) is 11.7. The molecule has 0 aromatic rings. The van der Waals surface area contributed by atoms with Crippen molar-refractivity contribution in [3.05, 3.63) is 62.0 Å². The van der Waals surface area contributed by atoms with Crippen molar-refractivity contribution >= 4 is 31.7 Å². The zero-order valence-corrected chi connectivity index (χ0v) is 18.7. The third kappa shape index (κ3) is 27.1.